The first-order valence-corrected chi connectivity index (χ1v) is 12.4. The molecular formula is C26H42FNO4. The average molecular weight is 452 g/mol. The van der Waals surface area contributed by atoms with Gasteiger partial charge < -0.3 is 15.2 Å². The number of nitrogens with two attached hydrogens (primary N) is 1. The number of ether oxygens (including phenoxy) is 2. The molecule has 0 aromatic heterocycles. The van der Waals surface area contributed by atoms with Crippen LogP contribution in [0.25, 0.3) is 0 Å². The van der Waals surface area contributed by atoms with Crippen molar-refractivity contribution in [2.24, 2.45) is 40.2 Å². The second-order valence-electron chi connectivity index (χ2n) is 10.9. The number of rotatable bonds is 6. The summed E-state index contributed by atoms with van der Waals surface area (Å²) < 4.78 is 25.8. The van der Waals surface area contributed by atoms with Crippen LogP contribution >= 0.6 is 0 Å². The first-order valence-electron chi connectivity index (χ1n) is 12.4. The van der Waals surface area contributed by atoms with E-state index in [9.17, 15) is 14.0 Å². The van der Waals surface area contributed by atoms with Crippen molar-refractivity contribution in [3.05, 3.63) is 11.4 Å². The highest BCUT2D eigenvalue weighted by atomic mass is 19.1. The minimum Gasteiger partial charge on any atom is -0.466 e. The first kappa shape index (κ1) is 25.2. The van der Waals surface area contributed by atoms with Crippen LogP contribution in [-0.4, -0.2) is 31.2 Å². The van der Waals surface area contributed by atoms with Gasteiger partial charge in [0, 0.05) is 19.8 Å². The topological polar surface area (TPSA) is 78.6 Å². The van der Waals surface area contributed by atoms with Crippen LogP contribution in [0.1, 0.15) is 86.0 Å². The molecule has 0 amide bonds. The minimum absolute atomic E-state index is 0.0623. The van der Waals surface area contributed by atoms with E-state index in [4.69, 9.17) is 15.2 Å². The van der Waals surface area contributed by atoms with E-state index in [-0.39, 0.29) is 40.6 Å². The zero-order valence-corrected chi connectivity index (χ0v) is 20.5. The van der Waals surface area contributed by atoms with Crippen molar-refractivity contribution < 1.29 is 23.5 Å². The summed E-state index contributed by atoms with van der Waals surface area (Å²) in [6.07, 6.45) is 6.58. The highest BCUT2D eigenvalue weighted by molar-refractivity contribution is 5.66. The van der Waals surface area contributed by atoms with Crippen LogP contribution in [0.4, 0.5) is 4.39 Å². The van der Waals surface area contributed by atoms with Crippen LogP contribution in [-0.2, 0) is 19.1 Å². The summed E-state index contributed by atoms with van der Waals surface area (Å²) in [4.78, 5) is 23.2. The van der Waals surface area contributed by atoms with Crippen molar-refractivity contribution in [1.82, 2.24) is 0 Å². The number of hydrogen-bond donors (Lipinski definition) is 1. The van der Waals surface area contributed by atoms with E-state index in [1.807, 2.05) is 6.92 Å². The molecule has 0 saturated heterocycles. The van der Waals surface area contributed by atoms with Gasteiger partial charge in [-0.05, 0) is 92.1 Å². The molecule has 0 aromatic rings. The molecule has 5 nitrogen and oxygen atoms in total. The van der Waals surface area contributed by atoms with Crippen molar-refractivity contribution in [2.75, 3.05) is 13.2 Å². The van der Waals surface area contributed by atoms with Gasteiger partial charge in [0.2, 0.25) is 0 Å². The van der Waals surface area contributed by atoms with Gasteiger partial charge in [0.25, 0.3) is 0 Å². The molecule has 3 unspecified atom stereocenters. The van der Waals surface area contributed by atoms with Gasteiger partial charge >= 0.3 is 11.9 Å². The van der Waals surface area contributed by atoms with E-state index in [0.29, 0.717) is 43.7 Å². The van der Waals surface area contributed by atoms with Gasteiger partial charge in [0.05, 0.1) is 12.4 Å². The summed E-state index contributed by atoms with van der Waals surface area (Å²) in [5, 5.41) is 0. The molecule has 0 aromatic carbocycles. The Kier molecular flexibility index (Phi) is 7.73. The van der Waals surface area contributed by atoms with E-state index < -0.39 is 0 Å². The third-order valence-electron chi connectivity index (χ3n) is 9.28. The van der Waals surface area contributed by atoms with Crippen LogP contribution < -0.4 is 5.73 Å². The zero-order chi connectivity index (χ0) is 23.7. The smallest absolute Gasteiger partial charge is 0.302 e. The van der Waals surface area contributed by atoms with Crippen molar-refractivity contribution in [2.45, 2.75) is 92.1 Å². The highest BCUT2D eigenvalue weighted by Gasteiger charge is 2.57. The molecule has 3 fully saturated rings. The molecule has 3 aliphatic rings. The Morgan fingerprint density at radius 1 is 1.09 bits per heavy atom. The predicted octanol–water partition coefficient (Wildman–Crippen LogP) is 5.32. The lowest BCUT2D eigenvalue weighted by Gasteiger charge is -2.56. The molecular weight excluding hydrogens is 409 g/mol. The van der Waals surface area contributed by atoms with Gasteiger partial charge in [-0.2, -0.15) is 0 Å². The van der Waals surface area contributed by atoms with Crippen LogP contribution in [0.2, 0.25) is 0 Å². The van der Waals surface area contributed by atoms with Gasteiger partial charge in [-0.25, -0.2) is 4.39 Å². The lowest BCUT2D eigenvalue weighted by molar-refractivity contribution is -0.161. The fourth-order valence-corrected chi connectivity index (χ4v) is 7.59. The molecule has 0 aliphatic heterocycles. The maximum absolute atomic E-state index is 14.8. The van der Waals surface area contributed by atoms with Gasteiger partial charge in [-0.1, -0.05) is 20.8 Å². The summed E-state index contributed by atoms with van der Waals surface area (Å²) in [6.45, 7) is 10.3. The number of fused-ring (bicyclic) bond motifs is 1. The molecule has 0 bridgehead atoms. The maximum atomic E-state index is 14.8. The normalized spacial score (nSPS) is 41.0. The van der Waals surface area contributed by atoms with Crippen molar-refractivity contribution in [3.63, 3.8) is 0 Å². The highest BCUT2D eigenvalue weighted by Crippen LogP contribution is 2.64. The Balaban J connectivity index is 1.88. The fourth-order valence-electron chi connectivity index (χ4n) is 7.59. The van der Waals surface area contributed by atoms with Gasteiger partial charge in [0.15, 0.2) is 0 Å². The quantitative estimate of drug-likeness (QED) is 0.553. The van der Waals surface area contributed by atoms with E-state index in [2.05, 4.69) is 13.8 Å². The molecule has 2 N–H and O–H groups in total. The number of allylic oxidation sites excluding steroid dienone is 2. The third-order valence-corrected chi connectivity index (χ3v) is 9.28. The summed E-state index contributed by atoms with van der Waals surface area (Å²) in [5.74, 6) is 0.715. The predicted molar refractivity (Wildman–Crippen MR) is 122 cm³/mol. The number of hydrogen-bond acceptors (Lipinski definition) is 5. The Hall–Kier alpha value is -1.43. The van der Waals surface area contributed by atoms with Crippen molar-refractivity contribution in [3.8, 4) is 0 Å². The summed E-state index contributed by atoms with van der Waals surface area (Å²) in [7, 11) is 0. The molecule has 7 atom stereocenters. The zero-order valence-electron chi connectivity index (χ0n) is 20.5. The Bertz CT molecular complexity index is 752. The molecule has 3 aliphatic carbocycles. The number of carbonyl (C=O) groups is 2. The second kappa shape index (κ2) is 9.82. The summed E-state index contributed by atoms with van der Waals surface area (Å²) in [6, 6.07) is 0. The van der Waals surface area contributed by atoms with Crippen molar-refractivity contribution in [1.29, 1.82) is 0 Å². The van der Waals surface area contributed by atoms with E-state index in [0.717, 1.165) is 44.1 Å². The lowest BCUT2D eigenvalue weighted by atomic mass is 9.49. The molecule has 3 rings (SSSR count). The van der Waals surface area contributed by atoms with Crippen molar-refractivity contribution >= 4 is 11.9 Å². The monoisotopic (exact) mass is 451 g/mol. The summed E-state index contributed by atoms with van der Waals surface area (Å²) >= 11 is 0. The minimum atomic E-state index is -0.283. The van der Waals surface area contributed by atoms with Crippen LogP contribution in [0.3, 0.4) is 0 Å². The molecule has 0 heterocycles. The van der Waals surface area contributed by atoms with E-state index in [1.165, 1.54) is 13.8 Å². The molecule has 0 radical (unpaired) electrons. The second-order valence-corrected chi connectivity index (χ2v) is 10.9. The Labute approximate surface area is 192 Å². The number of esters is 2. The van der Waals surface area contributed by atoms with Gasteiger partial charge in [-0.15, -0.1) is 0 Å². The van der Waals surface area contributed by atoms with Gasteiger partial charge in [0.1, 0.15) is 6.10 Å². The number of halogens is 1. The molecule has 6 heteroatoms. The van der Waals surface area contributed by atoms with E-state index in [1.54, 1.807) is 0 Å². The van der Waals surface area contributed by atoms with Gasteiger partial charge in [-0.3, -0.25) is 9.59 Å². The summed E-state index contributed by atoms with van der Waals surface area (Å²) in [5.41, 5.74) is 7.29. The number of carbonyl (C=O) groups excluding carboxylic acids is 2. The Morgan fingerprint density at radius 2 is 1.81 bits per heavy atom. The Morgan fingerprint density at radius 3 is 2.41 bits per heavy atom. The van der Waals surface area contributed by atoms with Crippen LogP contribution in [0.5, 0.6) is 0 Å². The first-order chi connectivity index (χ1) is 15.1. The van der Waals surface area contributed by atoms with Crippen LogP contribution in [0, 0.1) is 34.5 Å². The largest absolute Gasteiger partial charge is 0.466 e. The third kappa shape index (κ3) is 4.62. The standard InChI is InChI=1S/C26H42FNO4/c1-6-24(27)23-8-7-21-20(14-28)22(10-12-26(21,23)5)25(4)11-9-19(32-17(3)30)13-18(25)15-31-16(2)29/h18-22H,6-15,28H2,1-5H3/b24-23-/t18-,19+,20?,21?,22?,25+,26+/m1/s1. The lowest BCUT2D eigenvalue weighted by Crippen LogP contribution is -2.53. The molecule has 32 heavy (non-hydrogen) atoms. The molecule has 182 valence electrons. The van der Waals surface area contributed by atoms with Crippen LogP contribution in [0.15, 0.2) is 11.4 Å². The maximum Gasteiger partial charge on any atom is 0.302 e. The molecule has 0 spiro atoms. The SMILES string of the molecule is CC/C(F)=C1\CCC2C(CN)C([C@@]3(C)CC[C@H](OC(C)=O)C[C@@H]3COC(C)=O)CC[C@]12C. The van der Waals surface area contributed by atoms with E-state index >= 15 is 0 Å². The average Bonchev–Trinajstić information content (AvgIpc) is 3.09. The molecule has 3 saturated carbocycles. The fraction of sp³-hybridized carbons (Fsp3) is 0.846.